The first-order valence-corrected chi connectivity index (χ1v) is 12.4. The summed E-state index contributed by atoms with van der Waals surface area (Å²) < 4.78 is 18.7. The first-order chi connectivity index (χ1) is 17.5. The van der Waals surface area contributed by atoms with Crippen LogP contribution in [0.25, 0.3) is 22.0 Å². The average molecular weight is 490 g/mol. The monoisotopic (exact) mass is 489 g/mol. The van der Waals surface area contributed by atoms with E-state index in [-0.39, 0.29) is 6.17 Å². The Labute approximate surface area is 209 Å². The van der Waals surface area contributed by atoms with E-state index in [1.54, 1.807) is 14.2 Å². The van der Waals surface area contributed by atoms with Crippen LogP contribution in [0.1, 0.15) is 48.4 Å². The van der Waals surface area contributed by atoms with E-state index < -0.39 is 0 Å². The zero-order chi connectivity index (χ0) is 25.0. The maximum absolute atomic E-state index is 5.84. The average Bonchev–Trinajstić information content (AvgIpc) is 3.42. The van der Waals surface area contributed by atoms with Crippen molar-refractivity contribution >= 4 is 28.4 Å². The lowest BCUT2D eigenvalue weighted by molar-refractivity contribution is 0.187. The van der Waals surface area contributed by atoms with E-state index in [4.69, 9.17) is 24.1 Å². The van der Waals surface area contributed by atoms with Crippen LogP contribution in [0.5, 0.6) is 5.75 Å². The second-order valence-electron chi connectivity index (χ2n) is 9.43. The Morgan fingerprint density at radius 3 is 2.67 bits per heavy atom. The number of aromatic amines is 1. The number of aryl methyl sites for hydroxylation is 3. The Kier molecular flexibility index (Phi) is 5.48. The molecule has 3 aromatic heterocycles. The number of aromatic nitrogens is 4. The van der Waals surface area contributed by atoms with E-state index in [1.165, 1.54) is 12.8 Å². The third kappa shape index (κ3) is 3.72. The second kappa shape index (κ2) is 8.70. The van der Waals surface area contributed by atoms with Gasteiger partial charge >= 0.3 is 0 Å². The van der Waals surface area contributed by atoms with Crippen molar-refractivity contribution in [3.63, 3.8) is 0 Å². The normalized spacial score (nSPS) is 17.1. The van der Waals surface area contributed by atoms with Gasteiger partial charge in [-0.25, -0.2) is 9.67 Å². The third-order valence-corrected chi connectivity index (χ3v) is 6.92. The summed E-state index contributed by atoms with van der Waals surface area (Å²) in [5.41, 5.74) is 5.75. The maximum Gasteiger partial charge on any atom is 0.145 e. The molecule has 10 heteroatoms. The van der Waals surface area contributed by atoms with Crippen molar-refractivity contribution in [1.82, 2.24) is 19.9 Å². The lowest BCUT2D eigenvalue weighted by Crippen LogP contribution is -2.32. The molecule has 1 fully saturated rings. The molecule has 4 aromatic rings. The van der Waals surface area contributed by atoms with E-state index in [0.717, 1.165) is 74.5 Å². The van der Waals surface area contributed by atoms with E-state index in [1.807, 2.05) is 24.6 Å². The van der Waals surface area contributed by atoms with Crippen molar-refractivity contribution in [1.29, 1.82) is 0 Å². The highest BCUT2D eigenvalue weighted by Crippen LogP contribution is 2.42. The molecule has 10 nitrogen and oxygen atoms in total. The lowest BCUT2D eigenvalue weighted by atomic mass is 10.00. The van der Waals surface area contributed by atoms with Gasteiger partial charge < -0.3 is 29.6 Å². The van der Waals surface area contributed by atoms with Crippen molar-refractivity contribution in [2.75, 3.05) is 31.5 Å². The number of nitrogens with one attached hydrogen (secondary N) is 3. The summed E-state index contributed by atoms with van der Waals surface area (Å²) in [6.07, 6.45) is 2.18. The summed E-state index contributed by atoms with van der Waals surface area (Å²) >= 11 is 0. The molecule has 0 spiro atoms. The minimum Gasteiger partial charge on any atom is -0.496 e. The van der Waals surface area contributed by atoms with Crippen LogP contribution < -0.4 is 15.4 Å². The number of amidine groups is 1. The van der Waals surface area contributed by atoms with E-state index in [2.05, 4.69) is 39.8 Å². The minimum absolute atomic E-state index is 0.233. The van der Waals surface area contributed by atoms with Crippen LogP contribution in [0.3, 0.4) is 0 Å². The molecule has 0 amide bonds. The largest absolute Gasteiger partial charge is 0.496 e. The molecule has 4 heterocycles. The Hall–Kier alpha value is -3.79. The van der Waals surface area contributed by atoms with Crippen molar-refractivity contribution in [2.45, 2.75) is 52.2 Å². The molecule has 6 rings (SSSR count). The van der Waals surface area contributed by atoms with Crippen LogP contribution in [0.15, 0.2) is 27.7 Å². The smallest absolute Gasteiger partial charge is 0.145 e. The topological polar surface area (TPSA) is 115 Å². The SMILES string of the molecule is CCn1nc(C2CC2)cc1NC1=NC(COC)Nc2[nH]c3cc(-c4c(C)noc4C)c(OC)cc3c21. The minimum atomic E-state index is -0.233. The standard InChI is InChI=1S/C26H31N7O3/c1-6-33-22(11-18(31-33)15-7-8-15)30-26-24-16-10-20(35-5)17(23-13(2)32-36-14(23)3)9-19(16)27-25(24)28-21(29-26)12-34-4/h9-11,15,21,27-28H,6-8,12H2,1-5H3,(H,29,30). The Bertz CT molecular complexity index is 1450. The summed E-state index contributed by atoms with van der Waals surface area (Å²) in [4.78, 5) is 8.53. The Morgan fingerprint density at radius 1 is 1.17 bits per heavy atom. The quantitative estimate of drug-likeness (QED) is 0.342. The second-order valence-corrected chi connectivity index (χ2v) is 9.43. The summed E-state index contributed by atoms with van der Waals surface area (Å²) in [6, 6.07) is 6.29. The fourth-order valence-corrected chi connectivity index (χ4v) is 5.04. The fourth-order valence-electron chi connectivity index (χ4n) is 5.04. The van der Waals surface area contributed by atoms with E-state index >= 15 is 0 Å². The van der Waals surface area contributed by atoms with Crippen molar-refractivity contribution in [3.8, 4) is 16.9 Å². The summed E-state index contributed by atoms with van der Waals surface area (Å²) in [7, 11) is 3.36. The number of methoxy groups -OCH3 is 2. The maximum atomic E-state index is 5.84. The highest BCUT2D eigenvalue weighted by molar-refractivity contribution is 6.20. The molecular weight excluding hydrogens is 458 g/mol. The number of aliphatic imine (C=N–C) groups is 1. The van der Waals surface area contributed by atoms with Gasteiger partial charge in [0, 0.05) is 42.1 Å². The van der Waals surface area contributed by atoms with Gasteiger partial charge in [-0.2, -0.15) is 5.10 Å². The van der Waals surface area contributed by atoms with Gasteiger partial charge in [-0.05, 0) is 45.7 Å². The van der Waals surface area contributed by atoms with Crippen molar-refractivity contribution < 1.29 is 14.0 Å². The molecule has 1 saturated carbocycles. The van der Waals surface area contributed by atoms with Crippen LogP contribution in [-0.2, 0) is 11.3 Å². The predicted molar refractivity (Wildman–Crippen MR) is 139 cm³/mol. The number of rotatable bonds is 7. The van der Waals surface area contributed by atoms with Crippen LogP contribution in [0, 0.1) is 13.8 Å². The third-order valence-electron chi connectivity index (χ3n) is 6.92. The highest BCUT2D eigenvalue weighted by Gasteiger charge is 2.30. The molecule has 1 atom stereocenters. The van der Waals surface area contributed by atoms with Crippen molar-refractivity contribution in [2.24, 2.45) is 4.99 Å². The number of ether oxygens (including phenoxy) is 2. The predicted octanol–water partition coefficient (Wildman–Crippen LogP) is 4.80. The molecule has 188 valence electrons. The Balaban J connectivity index is 1.48. The molecule has 0 bridgehead atoms. The zero-order valence-electron chi connectivity index (χ0n) is 21.2. The number of H-pyrrole nitrogens is 1. The van der Waals surface area contributed by atoms with Crippen LogP contribution in [0.2, 0.25) is 0 Å². The summed E-state index contributed by atoms with van der Waals surface area (Å²) in [6.45, 7) is 7.17. The van der Waals surface area contributed by atoms with Gasteiger partial charge in [0.05, 0.1) is 36.2 Å². The molecule has 3 N–H and O–H groups in total. The van der Waals surface area contributed by atoms with Gasteiger partial charge in [0.25, 0.3) is 0 Å². The van der Waals surface area contributed by atoms with Crippen LogP contribution in [-0.4, -0.2) is 52.7 Å². The van der Waals surface area contributed by atoms with Gasteiger partial charge in [-0.1, -0.05) is 5.16 Å². The van der Waals surface area contributed by atoms with E-state index in [0.29, 0.717) is 12.5 Å². The highest BCUT2D eigenvalue weighted by atomic mass is 16.5. The van der Waals surface area contributed by atoms with Gasteiger partial charge in [-0.3, -0.25) is 0 Å². The lowest BCUT2D eigenvalue weighted by Gasteiger charge is -2.23. The number of fused-ring (bicyclic) bond motifs is 3. The number of hydrogen-bond donors (Lipinski definition) is 3. The molecule has 2 aliphatic rings. The van der Waals surface area contributed by atoms with Gasteiger partial charge in [-0.15, -0.1) is 0 Å². The first-order valence-electron chi connectivity index (χ1n) is 12.4. The fraction of sp³-hybridized carbons (Fsp3) is 0.423. The van der Waals surface area contributed by atoms with Crippen LogP contribution in [0.4, 0.5) is 11.6 Å². The van der Waals surface area contributed by atoms with Gasteiger partial charge in [0.15, 0.2) is 0 Å². The molecule has 1 aliphatic heterocycles. The molecular formula is C26H31N7O3. The number of anilines is 2. The molecule has 1 aromatic carbocycles. The molecule has 1 aliphatic carbocycles. The summed E-state index contributed by atoms with van der Waals surface area (Å²) in [5.74, 6) is 4.66. The number of nitrogens with zero attached hydrogens (tertiary/aromatic N) is 4. The van der Waals surface area contributed by atoms with Crippen molar-refractivity contribution in [3.05, 3.63) is 40.9 Å². The van der Waals surface area contributed by atoms with Crippen LogP contribution >= 0.6 is 0 Å². The molecule has 1 unspecified atom stereocenters. The molecule has 0 saturated heterocycles. The van der Waals surface area contributed by atoms with Gasteiger partial charge in [0.1, 0.15) is 35.1 Å². The Morgan fingerprint density at radius 2 is 2.00 bits per heavy atom. The number of benzene rings is 1. The first kappa shape index (κ1) is 22.7. The molecule has 0 radical (unpaired) electrons. The summed E-state index contributed by atoms with van der Waals surface area (Å²) in [5, 5.41) is 17.0. The van der Waals surface area contributed by atoms with Gasteiger partial charge in [0.2, 0.25) is 0 Å². The number of hydrogen-bond acceptors (Lipinski definition) is 8. The van der Waals surface area contributed by atoms with E-state index in [9.17, 15) is 0 Å². The zero-order valence-corrected chi connectivity index (χ0v) is 21.2. The molecule has 36 heavy (non-hydrogen) atoms.